The van der Waals surface area contributed by atoms with Crippen molar-refractivity contribution in [2.45, 2.75) is 18.4 Å². The molecule has 10 heteroatoms. The molecule has 1 amide bonds. The van der Waals surface area contributed by atoms with Gasteiger partial charge in [-0.3, -0.25) is 4.90 Å². The molecule has 0 fully saturated rings. The van der Waals surface area contributed by atoms with E-state index in [1.807, 2.05) is 48.5 Å². The first kappa shape index (κ1) is 23.5. The highest BCUT2D eigenvalue weighted by Gasteiger charge is 2.43. The van der Waals surface area contributed by atoms with Crippen LogP contribution in [0.1, 0.15) is 22.6 Å². The van der Waals surface area contributed by atoms with E-state index in [0.29, 0.717) is 14.8 Å². The third kappa shape index (κ3) is 4.83. The van der Waals surface area contributed by atoms with E-state index in [0.717, 1.165) is 33.6 Å². The lowest BCUT2D eigenvalue weighted by Gasteiger charge is -2.25. The van der Waals surface area contributed by atoms with Crippen LogP contribution in [0.25, 0.3) is 11.1 Å². The number of fused-ring (bicyclic) bond motifs is 3. The summed E-state index contributed by atoms with van der Waals surface area (Å²) in [6.45, 7) is -1.84. The first-order chi connectivity index (χ1) is 15.7. The summed E-state index contributed by atoms with van der Waals surface area (Å²) in [6.07, 6.45) is -1.07. The Balaban J connectivity index is 1.56. The van der Waals surface area contributed by atoms with Crippen molar-refractivity contribution in [3.8, 4) is 11.1 Å². The van der Waals surface area contributed by atoms with Crippen LogP contribution in [0.3, 0.4) is 0 Å². The number of aliphatic carboxylic acids is 1. The molecule has 0 bridgehead atoms. The molecular formula is C23H17Cl2F2NO4S. The smallest absolute Gasteiger partial charge is 0.410 e. The molecule has 0 saturated heterocycles. The molecule has 0 saturated carbocycles. The van der Waals surface area contributed by atoms with Crippen molar-refractivity contribution in [3.63, 3.8) is 0 Å². The zero-order valence-electron chi connectivity index (χ0n) is 16.9. The third-order valence-corrected chi connectivity index (χ3v) is 6.95. The summed E-state index contributed by atoms with van der Waals surface area (Å²) < 4.78 is 34.0. The molecule has 0 spiro atoms. The molecule has 33 heavy (non-hydrogen) atoms. The number of carboxylic acids is 1. The number of hydrogen-bond donors (Lipinski definition) is 1. The second-order valence-electron chi connectivity index (χ2n) is 7.52. The van der Waals surface area contributed by atoms with Crippen molar-refractivity contribution >= 4 is 46.6 Å². The highest BCUT2D eigenvalue weighted by atomic mass is 35.5. The van der Waals surface area contributed by atoms with Gasteiger partial charge in [-0.15, -0.1) is 11.3 Å². The van der Waals surface area contributed by atoms with Gasteiger partial charge in [-0.05, 0) is 28.3 Å². The second-order valence-corrected chi connectivity index (χ2v) is 9.80. The maximum absolute atomic E-state index is 14.0. The predicted molar refractivity (Wildman–Crippen MR) is 122 cm³/mol. The van der Waals surface area contributed by atoms with Gasteiger partial charge in [0.15, 0.2) is 0 Å². The fourth-order valence-electron chi connectivity index (χ4n) is 3.87. The molecule has 2 aromatic carbocycles. The van der Waals surface area contributed by atoms with Crippen LogP contribution in [0.2, 0.25) is 8.67 Å². The van der Waals surface area contributed by atoms with Crippen LogP contribution < -0.4 is 0 Å². The van der Waals surface area contributed by atoms with E-state index in [1.165, 1.54) is 6.07 Å². The minimum absolute atomic E-state index is 0.0971. The average Bonchev–Trinajstić information content (AvgIpc) is 3.27. The normalized spacial score (nSPS) is 12.8. The molecule has 0 aliphatic heterocycles. The predicted octanol–water partition coefficient (Wildman–Crippen LogP) is 6.53. The number of halogens is 4. The number of carboxylic acid groups (broad SMARTS) is 1. The van der Waals surface area contributed by atoms with Gasteiger partial charge in [-0.25, -0.2) is 9.59 Å². The summed E-state index contributed by atoms with van der Waals surface area (Å²) in [5.74, 6) is -6.78. The maximum atomic E-state index is 14.0. The molecule has 4 rings (SSSR count). The number of rotatable bonds is 7. The summed E-state index contributed by atoms with van der Waals surface area (Å²) >= 11 is 13.0. The van der Waals surface area contributed by atoms with Gasteiger partial charge in [0.1, 0.15) is 6.61 Å². The van der Waals surface area contributed by atoms with Gasteiger partial charge in [-0.2, -0.15) is 8.78 Å². The summed E-state index contributed by atoms with van der Waals surface area (Å²) in [7, 11) is 0. The summed E-state index contributed by atoms with van der Waals surface area (Å²) in [5.41, 5.74) is 4.27. The van der Waals surface area contributed by atoms with E-state index in [1.54, 1.807) is 0 Å². The third-order valence-electron chi connectivity index (χ3n) is 5.39. The molecule has 0 unspecified atom stereocenters. The topological polar surface area (TPSA) is 66.8 Å². The Morgan fingerprint density at radius 3 is 2.15 bits per heavy atom. The fraction of sp³-hybridized carbons (Fsp3) is 0.217. The Morgan fingerprint density at radius 2 is 1.64 bits per heavy atom. The highest BCUT2D eigenvalue weighted by molar-refractivity contribution is 7.20. The van der Waals surface area contributed by atoms with Crippen molar-refractivity contribution in [1.82, 2.24) is 4.90 Å². The molecule has 5 nitrogen and oxygen atoms in total. The molecule has 3 aromatic rings. The molecular weight excluding hydrogens is 495 g/mol. The maximum Gasteiger partial charge on any atom is 0.410 e. The van der Waals surface area contributed by atoms with Crippen LogP contribution in [-0.4, -0.2) is 41.1 Å². The Bertz CT molecular complexity index is 1170. The number of ether oxygens (including phenoxy) is 1. The standard InChI is InChI=1S/C23H17Cl2F2NO4S/c24-19-9-13(20(25)33-19)10-28(12-23(26,27)21(29)30)22(31)32-11-18-16-7-3-1-5-14(16)15-6-2-4-8-17(15)18/h1-9,18H,10-12H2,(H,29,30). The largest absolute Gasteiger partial charge is 0.477 e. The Morgan fingerprint density at radius 1 is 1.06 bits per heavy atom. The molecule has 1 aliphatic rings. The van der Waals surface area contributed by atoms with Crippen molar-refractivity contribution in [1.29, 1.82) is 0 Å². The van der Waals surface area contributed by atoms with Crippen LogP contribution in [0.15, 0.2) is 54.6 Å². The van der Waals surface area contributed by atoms with E-state index in [4.69, 9.17) is 33.0 Å². The van der Waals surface area contributed by atoms with E-state index >= 15 is 0 Å². The first-order valence-corrected chi connectivity index (χ1v) is 11.4. The van der Waals surface area contributed by atoms with Crippen LogP contribution in [-0.2, 0) is 16.1 Å². The number of thiophene rings is 1. The number of benzene rings is 2. The molecule has 0 atom stereocenters. The number of amides is 1. The minimum Gasteiger partial charge on any atom is -0.477 e. The Hall–Kier alpha value is -2.68. The summed E-state index contributed by atoms with van der Waals surface area (Å²) in [4.78, 5) is 24.5. The van der Waals surface area contributed by atoms with Crippen molar-refractivity contribution in [2.24, 2.45) is 0 Å². The van der Waals surface area contributed by atoms with E-state index < -0.39 is 24.5 Å². The summed E-state index contributed by atoms with van der Waals surface area (Å²) in [5, 5.41) is 8.84. The molecule has 1 N–H and O–H groups in total. The lowest BCUT2D eigenvalue weighted by molar-refractivity contribution is -0.166. The number of nitrogens with zero attached hydrogens (tertiary/aromatic N) is 1. The molecule has 172 valence electrons. The van der Waals surface area contributed by atoms with Gasteiger partial charge in [-0.1, -0.05) is 71.7 Å². The first-order valence-electron chi connectivity index (χ1n) is 9.82. The second kappa shape index (κ2) is 9.29. The monoisotopic (exact) mass is 511 g/mol. The van der Waals surface area contributed by atoms with E-state index in [-0.39, 0.29) is 23.4 Å². The van der Waals surface area contributed by atoms with E-state index in [2.05, 4.69) is 0 Å². The number of hydrogen-bond acceptors (Lipinski definition) is 4. The van der Waals surface area contributed by atoms with Crippen LogP contribution in [0.4, 0.5) is 13.6 Å². The Labute approximate surface area is 202 Å². The van der Waals surface area contributed by atoms with Gasteiger partial charge in [0.25, 0.3) is 0 Å². The minimum atomic E-state index is -4.17. The zero-order valence-corrected chi connectivity index (χ0v) is 19.3. The van der Waals surface area contributed by atoms with Crippen molar-refractivity contribution in [3.05, 3.63) is 80.0 Å². The number of alkyl halides is 2. The van der Waals surface area contributed by atoms with Crippen molar-refractivity contribution in [2.75, 3.05) is 13.2 Å². The molecule has 1 aliphatic carbocycles. The lowest BCUT2D eigenvalue weighted by Crippen LogP contribution is -2.45. The highest BCUT2D eigenvalue weighted by Crippen LogP contribution is 2.44. The van der Waals surface area contributed by atoms with Crippen LogP contribution in [0.5, 0.6) is 0 Å². The fourth-order valence-corrected chi connectivity index (χ4v) is 5.34. The molecule has 0 radical (unpaired) electrons. The lowest BCUT2D eigenvalue weighted by atomic mass is 9.98. The van der Waals surface area contributed by atoms with Gasteiger partial charge in [0.2, 0.25) is 0 Å². The molecule has 1 aromatic heterocycles. The molecule has 1 heterocycles. The zero-order chi connectivity index (χ0) is 23.8. The van der Waals surface area contributed by atoms with Gasteiger partial charge in [0.05, 0.1) is 21.8 Å². The van der Waals surface area contributed by atoms with Gasteiger partial charge >= 0.3 is 18.0 Å². The van der Waals surface area contributed by atoms with Crippen molar-refractivity contribution < 1.29 is 28.2 Å². The number of carbonyl (C=O) groups is 2. The van der Waals surface area contributed by atoms with Crippen LogP contribution >= 0.6 is 34.5 Å². The van der Waals surface area contributed by atoms with E-state index in [9.17, 15) is 18.4 Å². The SMILES string of the molecule is O=C(OCC1c2ccccc2-c2ccccc21)N(Cc1cc(Cl)sc1Cl)CC(F)(F)C(=O)O. The quantitative estimate of drug-likeness (QED) is 0.391. The van der Waals surface area contributed by atoms with Gasteiger partial charge in [0, 0.05) is 11.5 Å². The average molecular weight is 512 g/mol. The van der Waals surface area contributed by atoms with Gasteiger partial charge < -0.3 is 9.84 Å². The number of carbonyl (C=O) groups excluding carboxylic acids is 1. The van der Waals surface area contributed by atoms with Crippen LogP contribution in [0, 0.1) is 0 Å². The summed E-state index contributed by atoms with van der Waals surface area (Å²) in [6, 6.07) is 16.8. The Kier molecular flexibility index (Phi) is 6.61.